The Kier molecular flexibility index (Phi) is 8.18. The Morgan fingerprint density at radius 1 is 0.929 bits per heavy atom. The van der Waals surface area contributed by atoms with Crippen LogP contribution in [0.1, 0.15) is 52.4 Å². The van der Waals surface area contributed by atoms with Gasteiger partial charge in [0.1, 0.15) is 0 Å². The summed E-state index contributed by atoms with van der Waals surface area (Å²) < 4.78 is 26.8. The van der Waals surface area contributed by atoms with Crippen LogP contribution in [-0.2, 0) is 14.3 Å². The average molecular weight is 222 g/mol. The monoisotopic (exact) mass is 222 g/mol. The minimum atomic E-state index is -3.22. The molecule has 0 N–H and O–H groups in total. The predicted molar refractivity (Wildman–Crippen MR) is 58.8 cm³/mol. The van der Waals surface area contributed by atoms with Gasteiger partial charge in [-0.25, -0.2) is 0 Å². The van der Waals surface area contributed by atoms with E-state index in [9.17, 15) is 8.42 Å². The highest BCUT2D eigenvalue weighted by Gasteiger charge is 2.08. The molecule has 4 heteroatoms. The zero-order chi connectivity index (χ0) is 10.9. The normalized spacial score (nSPS) is 11.9. The van der Waals surface area contributed by atoms with Gasteiger partial charge in [-0.15, -0.1) is 0 Å². The number of rotatable bonds is 9. The van der Waals surface area contributed by atoms with Crippen molar-refractivity contribution in [2.45, 2.75) is 52.4 Å². The third-order valence-electron chi connectivity index (χ3n) is 2.05. The van der Waals surface area contributed by atoms with Crippen LogP contribution in [0.4, 0.5) is 0 Å². The summed E-state index contributed by atoms with van der Waals surface area (Å²) >= 11 is 0. The lowest BCUT2D eigenvalue weighted by molar-refractivity contribution is 0.337. The molecule has 3 nitrogen and oxygen atoms in total. The smallest absolute Gasteiger partial charge is 0.267 e. The first kappa shape index (κ1) is 13.9. The van der Waals surface area contributed by atoms with Crippen molar-refractivity contribution in [2.75, 3.05) is 12.4 Å². The summed E-state index contributed by atoms with van der Waals surface area (Å²) in [6.45, 7) is 4.11. The topological polar surface area (TPSA) is 43.4 Å². The van der Waals surface area contributed by atoms with Crippen molar-refractivity contribution in [3.63, 3.8) is 0 Å². The fraction of sp³-hybridized carbons (Fsp3) is 1.00. The van der Waals surface area contributed by atoms with Gasteiger partial charge in [-0.05, 0) is 13.3 Å². The van der Waals surface area contributed by atoms with Gasteiger partial charge in [-0.3, -0.25) is 4.18 Å². The predicted octanol–water partition coefficient (Wildman–Crippen LogP) is 2.71. The van der Waals surface area contributed by atoms with Gasteiger partial charge in [-0.1, -0.05) is 39.0 Å². The minimum Gasteiger partial charge on any atom is -0.270 e. The summed E-state index contributed by atoms with van der Waals surface area (Å²) in [7, 11) is -3.22. The Hall–Kier alpha value is -0.0900. The molecule has 0 fully saturated rings. The summed E-state index contributed by atoms with van der Waals surface area (Å²) in [5, 5.41) is 0. The molecule has 0 aromatic rings. The molecule has 0 radical (unpaired) electrons. The van der Waals surface area contributed by atoms with Gasteiger partial charge in [-0.2, -0.15) is 8.42 Å². The average Bonchev–Trinajstić information content (AvgIpc) is 2.11. The molecule has 0 aromatic carbocycles. The van der Waals surface area contributed by atoms with E-state index in [0.29, 0.717) is 0 Å². The van der Waals surface area contributed by atoms with Crippen molar-refractivity contribution >= 4 is 10.1 Å². The zero-order valence-corrected chi connectivity index (χ0v) is 10.1. The molecule has 0 aliphatic carbocycles. The molecule has 0 aliphatic heterocycles. The highest BCUT2D eigenvalue weighted by Crippen LogP contribution is 2.07. The molecule has 0 aliphatic rings. The second-order valence-corrected chi connectivity index (χ2v) is 5.20. The molecular formula is C10H22O3S. The van der Waals surface area contributed by atoms with Crippen LogP contribution in [-0.4, -0.2) is 20.8 Å². The molecule has 0 saturated heterocycles. The van der Waals surface area contributed by atoms with E-state index in [1.807, 2.05) is 0 Å². The van der Waals surface area contributed by atoms with E-state index in [-0.39, 0.29) is 12.4 Å². The lowest BCUT2D eigenvalue weighted by Gasteiger charge is -2.02. The van der Waals surface area contributed by atoms with E-state index in [1.54, 1.807) is 6.92 Å². The first-order valence-corrected chi connectivity index (χ1v) is 7.07. The Morgan fingerprint density at radius 3 is 2.07 bits per heavy atom. The van der Waals surface area contributed by atoms with Gasteiger partial charge < -0.3 is 0 Å². The van der Waals surface area contributed by atoms with Gasteiger partial charge >= 0.3 is 0 Å². The van der Waals surface area contributed by atoms with Crippen molar-refractivity contribution in [1.29, 1.82) is 0 Å². The maximum Gasteiger partial charge on any atom is 0.267 e. The molecule has 0 aromatic heterocycles. The molecule has 0 spiro atoms. The van der Waals surface area contributed by atoms with E-state index in [4.69, 9.17) is 0 Å². The highest BCUT2D eigenvalue weighted by atomic mass is 32.2. The summed E-state index contributed by atoms with van der Waals surface area (Å²) in [6.07, 6.45) is 6.54. The third kappa shape index (κ3) is 8.51. The Bertz CT molecular complexity index is 209. The van der Waals surface area contributed by atoms with E-state index < -0.39 is 10.1 Å². The maximum atomic E-state index is 11.1. The molecule has 0 bridgehead atoms. The standard InChI is InChI=1S/C10H22O3S/c1-3-5-6-7-8-9-10-14(11,12)13-4-2/h3-10H2,1-2H3. The van der Waals surface area contributed by atoms with Gasteiger partial charge in [0.25, 0.3) is 10.1 Å². The second-order valence-electron chi connectivity index (χ2n) is 3.44. The van der Waals surface area contributed by atoms with Crippen molar-refractivity contribution < 1.29 is 12.6 Å². The molecule has 0 rings (SSSR count). The largest absolute Gasteiger partial charge is 0.270 e. The quantitative estimate of drug-likeness (QED) is 0.445. The summed E-state index contributed by atoms with van der Waals surface area (Å²) in [5.74, 6) is 0.174. The van der Waals surface area contributed by atoms with Crippen LogP contribution in [0.25, 0.3) is 0 Å². The lowest BCUT2D eigenvalue weighted by atomic mass is 10.1. The van der Waals surface area contributed by atoms with Crippen LogP contribution in [0.3, 0.4) is 0 Å². The van der Waals surface area contributed by atoms with Crippen LogP contribution in [0.2, 0.25) is 0 Å². The van der Waals surface area contributed by atoms with E-state index >= 15 is 0 Å². The summed E-state index contributed by atoms with van der Waals surface area (Å²) in [5.41, 5.74) is 0. The fourth-order valence-corrected chi connectivity index (χ4v) is 2.33. The fourth-order valence-electron chi connectivity index (χ4n) is 1.30. The van der Waals surface area contributed by atoms with Crippen LogP contribution in [0.15, 0.2) is 0 Å². The first-order chi connectivity index (χ1) is 6.62. The first-order valence-electron chi connectivity index (χ1n) is 5.49. The molecule has 0 amide bonds. The molecule has 86 valence electrons. The van der Waals surface area contributed by atoms with Gasteiger partial charge in [0.15, 0.2) is 0 Å². The van der Waals surface area contributed by atoms with Crippen LogP contribution in [0.5, 0.6) is 0 Å². The zero-order valence-electron chi connectivity index (χ0n) is 9.29. The lowest BCUT2D eigenvalue weighted by Crippen LogP contribution is -2.10. The highest BCUT2D eigenvalue weighted by molar-refractivity contribution is 7.86. The van der Waals surface area contributed by atoms with Crippen molar-refractivity contribution in [3.05, 3.63) is 0 Å². The molecule has 0 unspecified atom stereocenters. The minimum absolute atomic E-state index is 0.174. The van der Waals surface area contributed by atoms with Gasteiger partial charge in [0, 0.05) is 0 Å². The van der Waals surface area contributed by atoms with Gasteiger partial charge in [0.05, 0.1) is 12.4 Å². The Labute approximate surface area is 88.0 Å². The van der Waals surface area contributed by atoms with Crippen LogP contribution < -0.4 is 0 Å². The summed E-state index contributed by atoms with van der Waals surface area (Å²) in [4.78, 5) is 0. The van der Waals surface area contributed by atoms with E-state index in [0.717, 1.165) is 19.3 Å². The van der Waals surface area contributed by atoms with Crippen molar-refractivity contribution in [2.24, 2.45) is 0 Å². The number of unbranched alkanes of at least 4 members (excludes halogenated alkanes) is 5. The number of hydrogen-bond acceptors (Lipinski definition) is 3. The van der Waals surface area contributed by atoms with E-state index in [1.165, 1.54) is 19.3 Å². The molecule has 0 heterocycles. The second kappa shape index (κ2) is 8.24. The van der Waals surface area contributed by atoms with Crippen molar-refractivity contribution in [3.8, 4) is 0 Å². The Morgan fingerprint density at radius 2 is 1.50 bits per heavy atom. The van der Waals surface area contributed by atoms with Crippen LogP contribution in [0, 0.1) is 0 Å². The maximum absolute atomic E-state index is 11.1. The molecule has 0 atom stereocenters. The molecule has 0 saturated carbocycles. The van der Waals surface area contributed by atoms with Crippen LogP contribution >= 0.6 is 0 Å². The number of hydrogen-bond donors (Lipinski definition) is 0. The third-order valence-corrected chi connectivity index (χ3v) is 3.43. The molecular weight excluding hydrogens is 200 g/mol. The summed E-state index contributed by atoms with van der Waals surface area (Å²) in [6, 6.07) is 0. The Balaban J connectivity index is 3.35. The van der Waals surface area contributed by atoms with Gasteiger partial charge in [0.2, 0.25) is 0 Å². The SMILES string of the molecule is CCCCCCCCS(=O)(=O)OCC. The molecule has 14 heavy (non-hydrogen) atoms. The van der Waals surface area contributed by atoms with E-state index in [2.05, 4.69) is 11.1 Å². The van der Waals surface area contributed by atoms with Crippen molar-refractivity contribution in [1.82, 2.24) is 0 Å².